The summed E-state index contributed by atoms with van der Waals surface area (Å²) < 4.78 is 182. The van der Waals surface area contributed by atoms with Crippen molar-refractivity contribution < 1.29 is 317 Å². The molecule has 4 aromatic carbocycles. The zero-order valence-electron chi connectivity index (χ0n) is 78.8. The zero-order chi connectivity index (χ0) is 91.4. The van der Waals surface area contributed by atoms with Gasteiger partial charge in [0.25, 0.3) is 0 Å². The van der Waals surface area contributed by atoms with Crippen molar-refractivity contribution in [3.8, 4) is 0 Å². The molecule has 6 aliphatic heterocycles. The van der Waals surface area contributed by atoms with Gasteiger partial charge in [-0.2, -0.15) is 0 Å². The summed E-state index contributed by atoms with van der Waals surface area (Å²) in [5, 5.41) is 60.9. The van der Waals surface area contributed by atoms with Gasteiger partial charge >= 0.3 is 160 Å². The molecule has 132 heavy (non-hydrogen) atoms. The minimum atomic E-state index is -5.54. The predicted molar refractivity (Wildman–Crippen MR) is 439 cm³/mol. The van der Waals surface area contributed by atoms with Crippen LogP contribution >= 0.6 is 37.0 Å². The molecule has 2 aliphatic carbocycles. The van der Waals surface area contributed by atoms with Crippen LogP contribution in [0.3, 0.4) is 0 Å². The predicted octanol–water partition coefficient (Wildman–Crippen LogP) is -6.21. The number of rotatable bonds is 46. The van der Waals surface area contributed by atoms with E-state index in [1.54, 1.807) is 0 Å². The van der Waals surface area contributed by atoms with Gasteiger partial charge in [-0.1, -0.05) is 232 Å². The van der Waals surface area contributed by atoms with Crippen LogP contribution in [0.5, 0.6) is 0 Å². The van der Waals surface area contributed by atoms with Crippen molar-refractivity contribution >= 4 is 65.3 Å². The van der Waals surface area contributed by atoms with Crippen molar-refractivity contribution in [2.45, 2.75) is 331 Å². The number of carbonyl (C=O) groups excluding carboxylic acids is 3. The Balaban J connectivity index is 0.00000536. The van der Waals surface area contributed by atoms with Crippen LogP contribution in [0.15, 0.2) is 97.1 Å². The van der Waals surface area contributed by atoms with Gasteiger partial charge in [0.05, 0.1) is 45.6 Å². The largest absolute Gasteiger partial charge is 1.00 e. The minimum absolute atomic E-state index is 0. The van der Waals surface area contributed by atoms with Crippen molar-refractivity contribution in [2.75, 3.05) is 40.6 Å². The summed E-state index contributed by atoms with van der Waals surface area (Å²) in [6.45, 7) is 20.7. The number of methoxy groups -OCH3 is 2. The van der Waals surface area contributed by atoms with Crippen molar-refractivity contribution in [3.63, 3.8) is 0 Å². The third-order valence-corrected chi connectivity index (χ3v) is 25.6. The molecule has 45 heteroatoms. The Morgan fingerprint density at radius 3 is 1.14 bits per heavy atom. The van der Waals surface area contributed by atoms with E-state index in [0.29, 0.717) is 41.0 Å². The first kappa shape index (κ1) is 121. The molecule has 0 spiro atoms. The fraction of sp³-hybridized carbons (Fsp3) is 0.690. The number of hydrogen-bond donors (Lipinski definition) is 0. The van der Waals surface area contributed by atoms with E-state index < -0.39 is 177 Å². The Labute approximate surface area is 896 Å². The van der Waals surface area contributed by atoms with Crippen LogP contribution in [-0.2, 0) is 194 Å². The van der Waals surface area contributed by atoms with Gasteiger partial charge in [-0.05, 0) is 90.8 Å². The SMILES string of the molecule is COC1[C@H]2OCC(C(=O)[O-])(O[C@@H]2O[C@H]2C(COC(=O)CCC3CCCC3)O[C@@H](OC)C(OSOO[O-])[C@H]2OCc2ccc(C(C)(C)C)cc2)[C@@H]1O[C@@H]1OC(COC(=O)CCC2CCCC2)[C@H](O[C@@H]2OC(COS(=O)(=O)[O-])[C@H](OCc3ccc(C(C)(C)C)cc3)[C@H](OCc3ccc(C(C)(C)C)cc3)C2OCc2ccc(C(C)(C)C)cc2)[C@H](OSOO[O-])C1OSOO[O-].[Na+].[Na+].[Na+].[Na+].[Na+]. The van der Waals surface area contributed by atoms with Crippen LogP contribution in [-0.4, -0.2) is 194 Å². The topological polar surface area (TPSA) is 441 Å². The molecule has 8 fully saturated rings. The van der Waals surface area contributed by atoms with Crippen molar-refractivity contribution in [2.24, 2.45) is 11.8 Å². The standard InChI is InChI=1S/C87H124O36S4.5Na/c1-83(2,3)57-33-23-53(24-34-57)43-102-66-63(49-107-127(95,96)97)110-79(73(105-46-56-29-39-60(40-30-56)86(10,11)12)69(66)103-44-54-25-35-58(36-26-54)84(4,5)6)111-68-62(48-101-65(89)42-32-52-21-17-18-22-52)109-80(76(117-126-123-120-94)71(68)115-124-121-118-92)113-77-72(98-13)74-81(114-87(77,50-106-74)82(90)91)112-67-61(47-100-64(88)41-31-51-19-15-16-20-51)108-78(99-14)75(116-125-122-119-93)70(67)104-45-55-27-37-59(38-28-55)85(7,8)9;;;;;/h23-30,33-40,51-52,61-63,66-81,92-94H,15-22,31-32,41-50H2,1-14H3,(H,90,91)(H,95,96,97);;;;;/q;5*+1/p-5/t61?,62?,63?,66-,67-,68-,69-,70-,71-,72?,73?,74+,75?,76?,77+,78+,79-,80-,81-,87?;;;;;/m0...../s1. The molecular formula is C87H119Na5O36S4. The van der Waals surface area contributed by atoms with E-state index in [0.717, 1.165) is 73.6 Å². The first-order valence-corrected chi connectivity index (χ1v) is 45.9. The van der Waals surface area contributed by atoms with E-state index in [9.17, 15) is 48.2 Å². The Hall–Kier alpha value is 0.170. The van der Waals surface area contributed by atoms with Gasteiger partial charge in [0.1, 0.15) is 92.6 Å². The number of carboxylic acid groups (broad SMARTS) is 1. The van der Waals surface area contributed by atoms with Gasteiger partial charge < -0.3 is 106 Å². The molecule has 20 atom stereocenters. The van der Waals surface area contributed by atoms with E-state index in [-0.39, 0.29) is 252 Å². The first-order valence-electron chi connectivity index (χ1n) is 42.6. The molecule has 2 saturated carbocycles. The molecule has 6 saturated heterocycles. The van der Waals surface area contributed by atoms with Crippen LogP contribution in [0.1, 0.15) is 205 Å². The zero-order valence-corrected chi connectivity index (χ0v) is 92.1. The third kappa shape index (κ3) is 34.7. The van der Waals surface area contributed by atoms with Crippen LogP contribution in [0.2, 0.25) is 0 Å². The Kier molecular flexibility index (Phi) is 52.3. The first-order chi connectivity index (χ1) is 60.5. The van der Waals surface area contributed by atoms with Crippen LogP contribution in [0, 0.1) is 11.8 Å². The second-order valence-electron chi connectivity index (χ2n) is 36.9. The Morgan fingerprint density at radius 2 is 0.765 bits per heavy atom. The summed E-state index contributed by atoms with van der Waals surface area (Å²) in [5.41, 5.74) is 2.68. The molecule has 0 N–H and O–H groups in total. The molecule has 4 aromatic rings. The van der Waals surface area contributed by atoms with Crippen LogP contribution < -0.4 is 169 Å². The third-order valence-electron chi connectivity index (χ3n) is 24.0. The number of carbonyl (C=O) groups is 3. The van der Waals surface area contributed by atoms with E-state index >= 15 is 0 Å². The van der Waals surface area contributed by atoms with E-state index in [1.165, 1.54) is 14.2 Å². The Morgan fingerprint density at radius 1 is 0.424 bits per heavy atom. The molecular weight excluding hydrogens is 1860 g/mol. The molecule has 6 heterocycles. The normalized spacial score (nSPS) is 28.3. The number of carboxylic acids is 1. The smallest absolute Gasteiger partial charge is 0.726 e. The monoisotopic (exact) mass is 1980 g/mol. The maximum Gasteiger partial charge on any atom is 1.00 e. The summed E-state index contributed by atoms with van der Waals surface area (Å²) in [6.07, 6.45) is -23.6. The fourth-order valence-corrected chi connectivity index (χ4v) is 18.2. The molecule has 0 radical (unpaired) electrons. The van der Waals surface area contributed by atoms with Crippen molar-refractivity contribution in [3.05, 3.63) is 142 Å². The van der Waals surface area contributed by atoms with Crippen molar-refractivity contribution in [1.29, 1.82) is 0 Å². The van der Waals surface area contributed by atoms with Gasteiger partial charge in [-0.25, -0.2) is 8.42 Å². The molecule has 12 rings (SSSR count). The molecule has 712 valence electrons. The molecule has 8 unspecified atom stereocenters. The van der Waals surface area contributed by atoms with Gasteiger partial charge in [0.2, 0.25) is 10.4 Å². The molecule has 2 bridgehead atoms. The van der Waals surface area contributed by atoms with Crippen molar-refractivity contribution in [1.82, 2.24) is 0 Å². The number of fused-ring (bicyclic) bond motifs is 3. The molecule has 0 aromatic heterocycles. The minimum Gasteiger partial charge on any atom is -0.726 e. The average Bonchev–Trinajstić information content (AvgIpc) is 0.816. The summed E-state index contributed by atoms with van der Waals surface area (Å²) >= 11 is -0.153. The van der Waals surface area contributed by atoms with Gasteiger partial charge in [-0.15, -0.1) is 13.0 Å². The summed E-state index contributed by atoms with van der Waals surface area (Å²) in [7, 11) is -3.07. The second kappa shape index (κ2) is 57.2. The van der Waals surface area contributed by atoms with Crippen LogP contribution in [0.25, 0.3) is 0 Å². The van der Waals surface area contributed by atoms with Gasteiger partial charge in [-0.3, -0.25) is 41.4 Å². The maximum absolute atomic E-state index is 14.6. The number of benzene rings is 4. The number of esters is 2. The van der Waals surface area contributed by atoms with Gasteiger partial charge in [0, 0.05) is 27.1 Å². The molecule has 36 nitrogen and oxygen atoms in total. The van der Waals surface area contributed by atoms with E-state index in [4.69, 9.17) is 101 Å². The number of aliphatic carboxylic acids is 1. The van der Waals surface area contributed by atoms with Crippen LogP contribution in [0.4, 0.5) is 0 Å². The van der Waals surface area contributed by atoms with Gasteiger partial charge in [0.15, 0.2) is 79.9 Å². The summed E-state index contributed by atoms with van der Waals surface area (Å²) in [5.74, 6) is -2.78. The Bertz CT molecular complexity index is 4150. The quantitative estimate of drug-likeness (QED) is 0.00580. The second-order valence-corrected chi connectivity index (χ2v) is 39.3. The summed E-state index contributed by atoms with van der Waals surface area (Å²) in [4.78, 5) is 42.7. The number of ether oxygens (including phenoxy) is 16. The van der Waals surface area contributed by atoms with E-state index in [2.05, 4.69) is 103 Å². The number of hydrogen-bond acceptors (Lipinski definition) is 39. The summed E-state index contributed by atoms with van der Waals surface area (Å²) in [6, 6.07) is 30.4. The molecule has 0 amide bonds. The maximum atomic E-state index is 14.6. The fourth-order valence-electron chi connectivity index (χ4n) is 16.8. The average molecular weight is 1980 g/mol. The van der Waals surface area contributed by atoms with E-state index in [1.807, 2.05) is 97.1 Å². The molecule has 8 aliphatic rings.